The van der Waals surface area contributed by atoms with Gasteiger partial charge in [0, 0.05) is 15.3 Å². The first-order valence-corrected chi connectivity index (χ1v) is 5.65. The van der Waals surface area contributed by atoms with Crippen molar-refractivity contribution in [2.24, 2.45) is 0 Å². The molecule has 0 aromatic carbocycles. The van der Waals surface area contributed by atoms with E-state index in [4.69, 9.17) is 15.6 Å². The lowest BCUT2D eigenvalue weighted by atomic mass is 10.5. The van der Waals surface area contributed by atoms with Crippen LogP contribution in [0.15, 0.2) is 17.1 Å². The Bertz CT molecular complexity index is 453. The first-order chi connectivity index (χ1) is 7.63. The molecule has 0 aliphatic carbocycles. The second kappa shape index (κ2) is 4.40. The van der Waals surface area contributed by atoms with Gasteiger partial charge in [-0.15, -0.1) is 11.8 Å². The molecule has 1 saturated heterocycles. The molecule has 2 unspecified atom stereocenters. The Hall–Kier alpha value is -1.12. The maximum absolute atomic E-state index is 13.2. The second-order valence-corrected chi connectivity index (χ2v) is 4.44. The summed E-state index contributed by atoms with van der Waals surface area (Å²) >= 11 is 1.37. The minimum absolute atomic E-state index is 0.138. The molecule has 1 aliphatic rings. The molecule has 6 nitrogen and oxygen atoms in total. The van der Waals surface area contributed by atoms with Gasteiger partial charge >= 0.3 is 5.69 Å². The zero-order valence-corrected chi connectivity index (χ0v) is 9.06. The number of nitrogens with zero attached hydrogens (tertiary/aromatic N) is 2. The summed E-state index contributed by atoms with van der Waals surface area (Å²) in [5.74, 6) is 0.223. The number of aromatic nitrogens is 2. The van der Waals surface area contributed by atoms with Gasteiger partial charge in [0.1, 0.15) is 11.6 Å². The molecule has 1 fully saturated rings. The van der Waals surface area contributed by atoms with E-state index in [2.05, 4.69) is 0 Å². The molecule has 1 aromatic heterocycles. The molecule has 2 rings (SSSR count). The Morgan fingerprint density at radius 1 is 1.81 bits per heavy atom. The lowest BCUT2D eigenvalue weighted by molar-refractivity contribution is -0.773. The van der Waals surface area contributed by atoms with Gasteiger partial charge in [-0.2, -0.15) is 9.36 Å². The molecule has 2 heterocycles. The number of rotatable bonds is 2. The summed E-state index contributed by atoms with van der Waals surface area (Å²) in [6, 6.07) is 1.28. The molecule has 0 saturated carbocycles. The third-order valence-corrected chi connectivity index (χ3v) is 3.32. The van der Waals surface area contributed by atoms with Crippen LogP contribution in [0.4, 0.5) is 10.3 Å². The number of aliphatic hydroxyl groups excluding tert-OH is 1. The minimum atomic E-state index is -0.885. The van der Waals surface area contributed by atoms with Crippen molar-refractivity contribution in [2.75, 3.05) is 18.1 Å². The summed E-state index contributed by atoms with van der Waals surface area (Å²) in [7, 11) is 0. The Kier molecular flexibility index (Phi) is 3.13. The Labute approximate surface area is 94.4 Å². The number of thioether (sulfide) groups is 1. The maximum atomic E-state index is 13.2. The molecule has 1 aliphatic heterocycles. The molecule has 0 amide bonds. The van der Waals surface area contributed by atoms with Crippen molar-refractivity contribution in [3.05, 3.63) is 22.7 Å². The smallest absolute Gasteiger partial charge is 0.393 e. The van der Waals surface area contributed by atoms with E-state index < -0.39 is 11.9 Å². The van der Waals surface area contributed by atoms with Crippen LogP contribution in [-0.4, -0.2) is 27.7 Å². The van der Waals surface area contributed by atoms with E-state index >= 15 is 0 Å². The van der Waals surface area contributed by atoms with Gasteiger partial charge in [0.25, 0.3) is 0 Å². The third-order valence-electron chi connectivity index (χ3n) is 2.21. The van der Waals surface area contributed by atoms with Gasteiger partial charge in [-0.05, 0) is 0 Å². The lowest BCUT2D eigenvalue weighted by Gasteiger charge is -2.08. The molecule has 3 N–H and O–H groups in total. The topological polar surface area (TPSA) is 81.4 Å². The number of halogens is 1. The standard InChI is InChI=1S/C8H10FN3O3S/c9-12-5(10)1-2-11(8(12)14)6-4-16-7(3-13)15-6/h1-2,6-7,10,13H,3-4H2/p+1. The maximum Gasteiger partial charge on any atom is 0.537 e. The Morgan fingerprint density at radius 3 is 3.19 bits per heavy atom. The lowest BCUT2D eigenvalue weighted by Crippen LogP contribution is -2.57. The molecule has 8 heteroatoms. The Morgan fingerprint density at radius 2 is 2.56 bits per heavy atom. The first kappa shape index (κ1) is 11.4. The van der Waals surface area contributed by atoms with Crippen molar-refractivity contribution in [3.8, 4) is 0 Å². The van der Waals surface area contributed by atoms with Gasteiger partial charge < -0.3 is 15.6 Å². The number of aliphatic hydroxyl groups is 1. The summed E-state index contributed by atoms with van der Waals surface area (Å²) in [5.41, 5.74) is 3.97. The van der Waals surface area contributed by atoms with E-state index in [0.717, 1.165) is 4.57 Å². The van der Waals surface area contributed by atoms with E-state index in [9.17, 15) is 9.28 Å². The zero-order valence-electron chi connectivity index (χ0n) is 8.25. The molecule has 0 bridgehead atoms. The highest BCUT2D eigenvalue weighted by Crippen LogP contribution is 2.27. The van der Waals surface area contributed by atoms with Crippen LogP contribution in [0, 0.1) is 0 Å². The van der Waals surface area contributed by atoms with Crippen molar-refractivity contribution in [2.45, 2.75) is 11.7 Å². The fraction of sp³-hybridized carbons (Fsp3) is 0.500. The van der Waals surface area contributed by atoms with Crippen molar-refractivity contribution in [1.29, 1.82) is 0 Å². The van der Waals surface area contributed by atoms with Crippen molar-refractivity contribution >= 4 is 17.6 Å². The molecular formula is C8H11FN3O3S+. The summed E-state index contributed by atoms with van der Waals surface area (Å²) < 4.78 is 19.6. The van der Waals surface area contributed by atoms with Crippen LogP contribution in [0.5, 0.6) is 0 Å². The van der Waals surface area contributed by atoms with Crippen molar-refractivity contribution < 1.29 is 18.9 Å². The summed E-state index contributed by atoms with van der Waals surface area (Å²) in [5, 5.41) is 8.87. The molecule has 0 spiro atoms. The van der Waals surface area contributed by atoms with Crippen LogP contribution >= 0.6 is 11.8 Å². The molecular weight excluding hydrogens is 237 g/mol. The number of ether oxygens (including phenoxy) is 1. The predicted octanol–water partition coefficient (Wildman–Crippen LogP) is -0.969. The van der Waals surface area contributed by atoms with Crippen LogP contribution in [-0.2, 0) is 4.74 Å². The second-order valence-electron chi connectivity index (χ2n) is 3.25. The average Bonchev–Trinajstić information content (AvgIpc) is 2.74. The van der Waals surface area contributed by atoms with Crippen LogP contribution in [0.2, 0.25) is 0 Å². The fourth-order valence-corrected chi connectivity index (χ4v) is 2.33. The monoisotopic (exact) mass is 248 g/mol. The van der Waals surface area contributed by atoms with E-state index in [0.29, 0.717) is 5.75 Å². The molecule has 2 atom stereocenters. The minimum Gasteiger partial charge on any atom is -0.393 e. The number of nitrogen functional groups attached to an aromatic ring is 1. The normalized spacial score (nSPS) is 24.9. The van der Waals surface area contributed by atoms with Gasteiger partial charge in [-0.1, -0.05) is 0 Å². The average molecular weight is 248 g/mol. The number of anilines is 1. The fourth-order valence-electron chi connectivity index (χ4n) is 1.40. The predicted molar refractivity (Wildman–Crippen MR) is 55.3 cm³/mol. The van der Waals surface area contributed by atoms with Crippen LogP contribution < -0.4 is 16.0 Å². The van der Waals surface area contributed by atoms with Crippen LogP contribution in [0.25, 0.3) is 0 Å². The Balaban J connectivity index is 2.29. The third kappa shape index (κ3) is 1.91. The van der Waals surface area contributed by atoms with Crippen LogP contribution in [0.3, 0.4) is 0 Å². The van der Waals surface area contributed by atoms with Crippen molar-refractivity contribution in [1.82, 2.24) is 4.79 Å². The van der Waals surface area contributed by atoms with E-state index in [1.54, 1.807) is 0 Å². The van der Waals surface area contributed by atoms with E-state index in [-0.39, 0.29) is 22.6 Å². The van der Waals surface area contributed by atoms with Gasteiger partial charge in [-0.25, -0.2) is 0 Å². The number of hydrogen-bond acceptors (Lipinski definition) is 5. The molecule has 0 radical (unpaired) electrons. The van der Waals surface area contributed by atoms with Gasteiger partial charge in [0.15, 0.2) is 0 Å². The van der Waals surface area contributed by atoms with Crippen molar-refractivity contribution in [3.63, 3.8) is 0 Å². The van der Waals surface area contributed by atoms with Crippen LogP contribution in [0.1, 0.15) is 6.23 Å². The summed E-state index contributed by atoms with van der Waals surface area (Å²) in [6.45, 7) is -0.138. The number of nitrogens with two attached hydrogens (primary N) is 1. The molecule has 88 valence electrons. The number of hydrogen-bond donors (Lipinski definition) is 2. The first-order valence-electron chi connectivity index (χ1n) is 4.60. The highest BCUT2D eigenvalue weighted by Gasteiger charge is 2.32. The van der Waals surface area contributed by atoms with E-state index in [1.165, 1.54) is 24.0 Å². The van der Waals surface area contributed by atoms with E-state index in [1.807, 2.05) is 0 Å². The summed E-state index contributed by atoms with van der Waals surface area (Å²) in [4.78, 5) is 11.4. The largest absolute Gasteiger partial charge is 0.537 e. The zero-order chi connectivity index (χ0) is 11.7. The van der Waals surface area contributed by atoms with Gasteiger partial charge in [-0.3, -0.25) is 0 Å². The SMILES string of the molecule is Nc1cc[n+](C2CSC(CO)O2)c(=O)n1F. The highest BCUT2D eigenvalue weighted by molar-refractivity contribution is 8.00. The summed E-state index contributed by atoms with van der Waals surface area (Å²) in [6.07, 6.45) is 0.802. The highest BCUT2D eigenvalue weighted by atomic mass is 32.2. The molecule has 1 aromatic rings. The molecule has 16 heavy (non-hydrogen) atoms. The van der Waals surface area contributed by atoms with Gasteiger partial charge in [0.2, 0.25) is 12.0 Å². The van der Waals surface area contributed by atoms with Gasteiger partial charge in [0.05, 0.1) is 12.4 Å². The quantitative estimate of drug-likeness (QED) is 0.658.